The lowest BCUT2D eigenvalue weighted by molar-refractivity contribution is -0.159. The van der Waals surface area contributed by atoms with E-state index in [4.69, 9.17) is 9.84 Å². The van der Waals surface area contributed by atoms with Gasteiger partial charge in [-0.3, -0.25) is 0 Å². The van der Waals surface area contributed by atoms with Gasteiger partial charge < -0.3 is 9.84 Å². The molecule has 2 aliphatic rings. The Bertz CT molecular complexity index is 347. The number of thioether (sulfide) groups is 1. The van der Waals surface area contributed by atoms with E-state index in [1.807, 2.05) is 11.8 Å². The van der Waals surface area contributed by atoms with Gasteiger partial charge in [0.2, 0.25) is 0 Å². The van der Waals surface area contributed by atoms with Gasteiger partial charge in [-0.05, 0) is 25.7 Å². The number of hydrogen-bond donors (Lipinski definition) is 1. The quantitative estimate of drug-likeness (QED) is 0.843. The molecule has 4 heteroatoms. The summed E-state index contributed by atoms with van der Waals surface area (Å²) in [6, 6.07) is 0. The minimum atomic E-state index is -0.842. The summed E-state index contributed by atoms with van der Waals surface area (Å²) in [5.74, 6) is -0.842. The zero-order valence-corrected chi connectivity index (χ0v) is 13.9. The maximum atomic E-state index is 11.0. The zero-order chi connectivity index (χ0) is 14.9. The Labute approximate surface area is 126 Å². The van der Waals surface area contributed by atoms with Crippen LogP contribution in [0.2, 0.25) is 0 Å². The summed E-state index contributed by atoms with van der Waals surface area (Å²) >= 11 is 2.04. The third-order valence-electron chi connectivity index (χ3n) is 4.63. The van der Waals surface area contributed by atoms with E-state index in [2.05, 4.69) is 20.8 Å². The molecule has 0 atom stereocenters. The van der Waals surface area contributed by atoms with Gasteiger partial charge in [-0.2, -0.15) is 0 Å². The van der Waals surface area contributed by atoms with E-state index in [0.29, 0.717) is 0 Å². The second-order valence-corrected chi connectivity index (χ2v) is 9.51. The van der Waals surface area contributed by atoms with Gasteiger partial charge >= 0.3 is 5.97 Å². The van der Waals surface area contributed by atoms with Crippen LogP contribution in [-0.4, -0.2) is 32.8 Å². The van der Waals surface area contributed by atoms with Crippen molar-refractivity contribution in [3.05, 3.63) is 0 Å². The Morgan fingerprint density at radius 3 is 2.05 bits per heavy atom. The van der Waals surface area contributed by atoms with E-state index in [-0.39, 0.29) is 21.7 Å². The molecule has 0 aromatic heterocycles. The number of hydrogen-bond acceptors (Lipinski definition) is 3. The van der Waals surface area contributed by atoms with Gasteiger partial charge in [0.15, 0.2) is 0 Å². The first-order valence-electron chi connectivity index (χ1n) is 7.85. The van der Waals surface area contributed by atoms with Crippen LogP contribution >= 0.6 is 11.8 Å². The van der Waals surface area contributed by atoms with Crippen LogP contribution in [0.5, 0.6) is 0 Å². The maximum absolute atomic E-state index is 11.0. The number of carboxylic acid groups (broad SMARTS) is 1. The van der Waals surface area contributed by atoms with Crippen molar-refractivity contribution in [3.8, 4) is 0 Å². The Hall–Kier alpha value is -0.220. The summed E-state index contributed by atoms with van der Waals surface area (Å²) in [6.07, 6.45) is 9.26. The molecule has 116 valence electrons. The molecule has 2 fully saturated rings. The molecule has 2 rings (SSSR count). The minimum absolute atomic E-state index is 0.122. The number of carbonyl (C=O) groups is 1. The normalized spacial score (nSPS) is 34.5. The molecule has 20 heavy (non-hydrogen) atoms. The van der Waals surface area contributed by atoms with Crippen molar-refractivity contribution in [1.29, 1.82) is 0 Å². The summed E-state index contributed by atoms with van der Waals surface area (Å²) in [5, 5.41) is 9.02. The third kappa shape index (κ3) is 3.33. The number of rotatable bonds is 4. The van der Waals surface area contributed by atoms with Crippen LogP contribution in [0.3, 0.4) is 0 Å². The third-order valence-corrected chi connectivity index (χ3v) is 6.41. The van der Waals surface area contributed by atoms with E-state index in [9.17, 15) is 4.79 Å². The Morgan fingerprint density at radius 2 is 1.60 bits per heavy atom. The van der Waals surface area contributed by atoms with Crippen molar-refractivity contribution in [2.45, 2.75) is 87.2 Å². The molecule has 0 aromatic carbocycles. The van der Waals surface area contributed by atoms with Crippen LogP contribution in [0.4, 0.5) is 0 Å². The van der Waals surface area contributed by atoms with Crippen LogP contribution in [-0.2, 0) is 9.53 Å². The van der Waals surface area contributed by atoms with Crippen LogP contribution in [0.25, 0.3) is 0 Å². The second kappa shape index (κ2) is 5.88. The van der Waals surface area contributed by atoms with Gasteiger partial charge in [0, 0.05) is 9.49 Å². The first-order chi connectivity index (χ1) is 9.29. The van der Waals surface area contributed by atoms with Crippen molar-refractivity contribution in [1.82, 2.24) is 0 Å². The monoisotopic (exact) mass is 300 g/mol. The lowest BCUT2D eigenvalue weighted by Gasteiger charge is -2.57. The highest BCUT2D eigenvalue weighted by Gasteiger charge is 2.56. The fraction of sp³-hybridized carbons (Fsp3) is 0.938. The molecule has 2 aliphatic carbocycles. The molecule has 2 saturated carbocycles. The Morgan fingerprint density at radius 1 is 1.10 bits per heavy atom. The SMILES string of the molecule is CC(C)(C)SC12CCCCC1(OCC(=O)O)CCCC2. The summed E-state index contributed by atoms with van der Waals surface area (Å²) < 4.78 is 6.37. The molecule has 0 aromatic rings. The average Bonchev–Trinajstić information content (AvgIpc) is 2.34. The molecule has 0 bridgehead atoms. The summed E-state index contributed by atoms with van der Waals surface area (Å²) in [5.41, 5.74) is -0.208. The number of ether oxygens (including phenoxy) is 1. The van der Waals surface area contributed by atoms with Gasteiger partial charge in [-0.1, -0.05) is 46.5 Å². The van der Waals surface area contributed by atoms with Gasteiger partial charge in [0.25, 0.3) is 0 Å². The van der Waals surface area contributed by atoms with E-state index < -0.39 is 5.97 Å². The predicted octanol–water partition coefficient (Wildman–Crippen LogP) is 4.24. The van der Waals surface area contributed by atoms with E-state index >= 15 is 0 Å². The first-order valence-corrected chi connectivity index (χ1v) is 8.66. The Balaban J connectivity index is 2.27. The molecule has 0 aliphatic heterocycles. The molecule has 0 spiro atoms. The largest absolute Gasteiger partial charge is 0.480 e. The van der Waals surface area contributed by atoms with E-state index in [1.54, 1.807) is 0 Å². The molecule has 0 saturated heterocycles. The second-order valence-electron chi connectivity index (χ2n) is 7.30. The van der Waals surface area contributed by atoms with Crippen molar-refractivity contribution in [2.24, 2.45) is 0 Å². The standard InChI is InChI=1S/C16H28O3S/c1-14(2,3)20-16-10-6-4-8-15(16,9-5-7-11-16)19-12-13(17)18/h4-12H2,1-3H3,(H,17,18). The van der Waals surface area contributed by atoms with Crippen molar-refractivity contribution in [2.75, 3.05) is 6.61 Å². The lowest BCUT2D eigenvalue weighted by atomic mass is 9.66. The van der Waals surface area contributed by atoms with Crippen molar-refractivity contribution >= 4 is 17.7 Å². The topological polar surface area (TPSA) is 46.5 Å². The predicted molar refractivity (Wildman–Crippen MR) is 83.3 cm³/mol. The lowest BCUT2D eigenvalue weighted by Crippen LogP contribution is -2.59. The molecular formula is C16H28O3S. The molecule has 0 heterocycles. The highest BCUT2D eigenvalue weighted by molar-refractivity contribution is 8.02. The number of carboxylic acids is 1. The average molecular weight is 300 g/mol. The van der Waals surface area contributed by atoms with Crippen molar-refractivity contribution in [3.63, 3.8) is 0 Å². The van der Waals surface area contributed by atoms with Crippen LogP contribution in [0.1, 0.15) is 72.1 Å². The molecule has 3 nitrogen and oxygen atoms in total. The number of fused-ring (bicyclic) bond motifs is 1. The summed E-state index contributed by atoms with van der Waals surface area (Å²) in [7, 11) is 0. The van der Waals surface area contributed by atoms with E-state index in [0.717, 1.165) is 12.8 Å². The highest BCUT2D eigenvalue weighted by Crippen LogP contribution is 2.59. The summed E-state index contributed by atoms with van der Waals surface area (Å²) in [6.45, 7) is 6.64. The van der Waals surface area contributed by atoms with Crippen molar-refractivity contribution < 1.29 is 14.6 Å². The molecule has 0 amide bonds. The van der Waals surface area contributed by atoms with Crippen LogP contribution in [0.15, 0.2) is 0 Å². The number of aliphatic carboxylic acids is 1. The zero-order valence-electron chi connectivity index (χ0n) is 13.0. The van der Waals surface area contributed by atoms with Crippen LogP contribution < -0.4 is 0 Å². The molecule has 0 unspecified atom stereocenters. The fourth-order valence-electron chi connectivity index (χ4n) is 4.06. The highest BCUT2D eigenvalue weighted by atomic mass is 32.2. The molecular weight excluding hydrogens is 272 g/mol. The first kappa shape index (κ1) is 16.2. The van der Waals surface area contributed by atoms with Gasteiger partial charge in [-0.25, -0.2) is 4.79 Å². The molecule has 0 radical (unpaired) electrons. The molecule has 1 N–H and O–H groups in total. The summed E-state index contributed by atoms with van der Waals surface area (Å²) in [4.78, 5) is 11.0. The van der Waals surface area contributed by atoms with Gasteiger partial charge in [-0.15, -0.1) is 11.8 Å². The fourth-order valence-corrected chi connectivity index (χ4v) is 6.17. The maximum Gasteiger partial charge on any atom is 0.329 e. The van der Waals surface area contributed by atoms with Crippen LogP contribution in [0, 0.1) is 0 Å². The van der Waals surface area contributed by atoms with Gasteiger partial charge in [0.05, 0.1) is 5.60 Å². The Kier molecular flexibility index (Phi) is 4.75. The smallest absolute Gasteiger partial charge is 0.329 e. The minimum Gasteiger partial charge on any atom is -0.480 e. The van der Waals surface area contributed by atoms with E-state index in [1.165, 1.54) is 38.5 Å². The van der Waals surface area contributed by atoms with Gasteiger partial charge in [0.1, 0.15) is 6.61 Å².